The third-order valence-corrected chi connectivity index (χ3v) is 5.01. The highest BCUT2D eigenvalue weighted by Gasteiger charge is 2.35. The fourth-order valence-electron chi connectivity index (χ4n) is 2.62. The minimum absolute atomic E-state index is 0.130. The van der Waals surface area contributed by atoms with Crippen molar-refractivity contribution in [1.82, 2.24) is 0 Å². The molecule has 3 nitrogen and oxygen atoms in total. The molecule has 0 heterocycles. The summed E-state index contributed by atoms with van der Waals surface area (Å²) in [6.07, 6.45) is -3.20. The highest BCUT2D eigenvalue weighted by atomic mass is 32.2. The van der Waals surface area contributed by atoms with Crippen molar-refractivity contribution in [2.24, 2.45) is 0 Å². The quantitative estimate of drug-likeness (QED) is 0.220. The number of carbonyl (C=O) groups is 1. The predicted molar refractivity (Wildman–Crippen MR) is 109 cm³/mol. The monoisotopic (exact) mass is 419 g/mol. The second-order valence-electron chi connectivity index (χ2n) is 6.11. The largest absolute Gasteiger partial charge is 0.417 e. The highest BCUT2D eigenvalue weighted by Crippen LogP contribution is 2.38. The van der Waals surface area contributed by atoms with Crippen molar-refractivity contribution in [3.8, 4) is 6.07 Å². The van der Waals surface area contributed by atoms with Crippen LogP contribution in [0.25, 0.3) is 11.3 Å². The molecule has 0 spiro atoms. The molecule has 0 amide bonds. The van der Waals surface area contributed by atoms with E-state index in [4.69, 9.17) is 4.74 Å². The van der Waals surface area contributed by atoms with E-state index in [-0.39, 0.29) is 11.1 Å². The highest BCUT2D eigenvalue weighted by molar-refractivity contribution is 8.13. The van der Waals surface area contributed by atoms with Crippen LogP contribution in [-0.4, -0.2) is 11.1 Å². The first-order valence-electron chi connectivity index (χ1n) is 9.06. The van der Waals surface area contributed by atoms with Crippen LogP contribution >= 0.6 is 11.8 Å². The molecule has 2 aromatic carbocycles. The van der Waals surface area contributed by atoms with Gasteiger partial charge in [-0.1, -0.05) is 56.3 Å². The molecule has 152 valence electrons. The Morgan fingerprint density at radius 3 is 2.31 bits per heavy atom. The molecule has 0 aliphatic heterocycles. The van der Waals surface area contributed by atoms with Gasteiger partial charge in [-0.25, -0.2) is 4.79 Å². The summed E-state index contributed by atoms with van der Waals surface area (Å²) in [5, 5.41) is 8.98. The van der Waals surface area contributed by atoms with Crippen molar-refractivity contribution in [3.63, 3.8) is 0 Å². The van der Waals surface area contributed by atoms with Gasteiger partial charge < -0.3 is 4.74 Å². The molecule has 0 unspecified atom stereocenters. The van der Waals surface area contributed by atoms with E-state index in [0.717, 1.165) is 29.8 Å². The summed E-state index contributed by atoms with van der Waals surface area (Å²) in [6.45, 7) is 3.83. The topological polar surface area (TPSA) is 50.1 Å². The molecule has 0 N–H and O–H groups in total. The Hall–Kier alpha value is -2.72. The fourth-order valence-corrected chi connectivity index (χ4v) is 3.13. The average molecular weight is 419 g/mol. The first kappa shape index (κ1) is 22.6. The smallest absolute Gasteiger partial charge is 0.416 e. The number of hydrogen-bond donors (Lipinski definition) is 0. The molecule has 0 fully saturated rings. The lowest BCUT2D eigenvalue weighted by Crippen LogP contribution is -2.11. The van der Waals surface area contributed by atoms with Crippen molar-refractivity contribution in [1.29, 1.82) is 5.26 Å². The lowest BCUT2D eigenvalue weighted by molar-refractivity contribution is -0.137. The lowest BCUT2D eigenvalue weighted by Gasteiger charge is -2.17. The summed E-state index contributed by atoms with van der Waals surface area (Å²) >= 11 is 0.856. The maximum atomic E-state index is 13.6. The number of alkyl halides is 3. The molecule has 2 rings (SSSR count). The maximum Gasteiger partial charge on any atom is 0.417 e. The molecule has 29 heavy (non-hydrogen) atoms. The SMILES string of the molecule is CCCSC(=O)OC(=C(C#N)c1ccc(CC)cc1)c1ccccc1C(F)(F)F. The maximum absolute atomic E-state index is 13.6. The Bertz CT molecular complexity index is 928. The molecule has 0 atom stereocenters. The number of allylic oxidation sites excluding steroid dienone is 1. The summed E-state index contributed by atoms with van der Waals surface area (Å²) in [5.74, 6) is 0.0680. The van der Waals surface area contributed by atoms with Gasteiger partial charge in [0.2, 0.25) is 0 Å². The number of benzene rings is 2. The number of aryl methyl sites for hydroxylation is 1. The predicted octanol–water partition coefficient (Wildman–Crippen LogP) is 6.94. The zero-order valence-corrected chi connectivity index (χ0v) is 16.9. The zero-order valence-electron chi connectivity index (χ0n) is 16.0. The van der Waals surface area contributed by atoms with Gasteiger partial charge in [0.1, 0.15) is 11.6 Å². The molecule has 0 aliphatic carbocycles. The Kier molecular flexibility index (Phi) is 7.91. The second-order valence-corrected chi connectivity index (χ2v) is 7.14. The van der Waals surface area contributed by atoms with E-state index >= 15 is 0 Å². The summed E-state index contributed by atoms with van der Waals surface area (Å²) in [4.78, 5) is 12.2. The van der Waals surface area contributed by atoms with E-state index < -0.39 is 22.8 Å². The third-order valence-electron chi connectivity index (χ3n) is 4.08. The Labute approximate surface area is 172 Å². The summed E-state index contributed by atoms with van der Waals surface area (Å²) in [7, 11) is 0. The first-order chi connectivity index (χ1) is 13.8. The molecule has 0 saturated heterocycles. The second kappa shape index (κ2) is 10.2. The average Bonchev–Trinajstić information content (AvgIpc) is 2.72. The molecular formula is C22H20F3NO2S. The molecule has 0 radical (unpaired) electrons. The molecule has 0 saturated carbocycles. The van der Waals surface area contributed by atoms with Crippen LogP contribution in [0, 0.1) is 11.3 Å². The third kappa shape index (κ3) is 5.88. The molecule has 7 heteroatoms. The van der Waals surface area contributed by atoms with Gasteiger partial charge in [-0.15, -0.1) is 0 Å². The number of ether oxygens (including phenoxy) is 1. The van der Waals surface area contributed by atoms with Crippen LogP contribution in [0.3, 0.4) is 0 Å². The number of rotatable bonds is 6. The van der Waals surface area contributed by atoms with Gasteiger partial charge in [-0.2, -0.15) is 18.4 Å². The van der Waals surface area contributed by atoms with Gasteiger partial charge >= 0.3 is 11.5 Å². The molecule has 2 aromatic rings. The van der Waals surface area contributed by atoms with Crippen molar-refractivity contribution in [2.75, 3.05) is 5.75 Å². The van der Waals surface area contributed by atoms with Gasteiger partial charge in [0.15, 0.2) is 5.76 Å². The Morgan fingerprint density at radius 2 is 1.76 bits per heavy atom. The number of halogens is 3. The normalized spacial score (nSPS) is 12.1. The van der Waals surface area contributed by atoms with Crippen molar-refractivity contribution in [2.45, 2.75) is 32.9 Å². The van der Waals surface area contributed by atoms with Gasteiger partial charge in [0.25, 0.3) is 0 Å². The number of nitrogens with zero attached hydrogens (tertiary/aromatic N) is 1. The minimum atomic E-state index is -4.67. The molecule has 0 aromatic heterocycles. The Balaban J connectivity index is 2.68. The van der Waals surface area contributed by atoms with Crippen LogP contribution in [0.1, 0.15) is 42.5 Å². The lowest BCUT2D eigenvalue weighted by atomic mass is 9.97. The van der Waals surface area contributed by atoms with E-state index in [2.05, 4.69) is 0 Å². The van der Waals surface area contributed by atoms with E-state index in [9.17, 15) is 23.2 Å². The number of carbonyl (C=O) groups excluding carboxylic acids is 1. The van der Waals surface area contributed by atoms with Gasteiger partial charge in [0, 0.05) is 11.3 Å². The standard InChI is InChI=1S/C22H20F3NO2S/c1-3-13-29-21(27)28-20(17-7-5-6-8-19(17)22(23,24)25)18(14-26)16-11-9-15(4-2)10-12-16/h5-12H,3-4,13H2,1-2H3. The number of hydrogen-bond acceptors (Lipinski definition) is 4. The van der Waals surface area contributed by atoms with Crippen molar-refractivity contribution >= 4 is 28.4 Å². The minimum Gasteiger partial charge on any atom is -0.416 e. The van der Waals surface area contributed by atoms with Crippen LogP contribution in [0.4, 0.5) is 18.0 Å². The molecule has 0 bridgehead atoms. The van der Waals surface area contributed by atoms with E-state index in [1.165, 1.54) is 18.2 Å². The number of thioether (sulfide) groups is 1. The van der Waals surface area contributed by atoms with E-state index in [0.29, 0.717) is 17.7 Å². The van der Waals surface area contributed by atoms with E-state index in [1.54, 1.807) is 24.3 Å². The van der Waals surface area contributed by atoms with Crippen LogP contribution in [0.2, 0.25) is 0 Å². The summed E-state index contributed by atoms with van der Waals surface area (Å²) in [5.41, 5.74) is -0.0543. The molecular weight excluding hydrogens is 399 g/mol. The first-order valence-corrected chi connectivity index (χ1v) is 10.0. The van der Waals surface area contributed by atoms with Crippen molar-refractivity contribution < 1.29 is 22.7 Å². The summed E-state index contributed by atoms with van der Waals surface area (Å²) in [6, 6.07) is 13.5. The van der Waals surface area contributed by atoms with E-state index in [1.807, 2.05) is 19.9 Å². The number of nitriles is 1. The summed E-state index contributed by atoms with van der Waals surface area (Å²) < 4.78 is 46.0. The van der Waals surface area contributed by atoms with Gasteiger partial charge in [-0.3, -0.25) is 0 Å². The zero-order chi connectivity index (χ0) is 21.4. The Morgan fingerprint density at radius 1 is 1.10 bits per heavy atom. The fraction of sp³-hybridized carbons (Fsp3) is 0.273. The van der Waals surface area contributed by atoms with Crippen LogP contribution in [0.15, 0.2) is 48.5 Å². The molecule has 0 aliphatic rings. The van der Waals surface area contributed by atoms with Crippen LogP contribution in [-0.2, 0) is 17.3 Å². The van der Waals surface area contributed by atoms with Gasteiger partial charge in [-0.05, 0) is 41.8 Å². The van der Waals surface area contributed by atoms with Crippen LogP contribution < -0.4 is 0 Å². The van der Waals surface area contributed by atoms with Crippen molar-refractivity contribution in [3.05, 3.63) is 70.8 Å². The van der Waals surface area contributed by atoms with Crippen LogP contribution in [0.5, 0.6) is 0 Å². The van der Waals surface area contributed by atoms with Gasteiger partial charge in [0.05, 0.1) is 5.56 Å².